The van der Waals surface area contributed by atoms with Gasteiger partial charge in [-0.3, -0.25) is 9.78 Å². The van der Waals surface area contributed by atoms with Crippen LogP contribution in [-0.4, -0.2) is 60.0 Å². The van der Waals surface area contributed by atoms with E-state index < -0.39 is 0 Å². The van der Waals surface area contributed by atoms with Gasteiger partial charge in [0, 0.05) is 57.9 Å². The van der Waals surface area contributed by atoms with Crippen molar-refractivity contribution < 1.29 is 4.79 Å². The maximum Gasteiger partial charge on any atom is 0.266 e. The molecule has 1 saturated heterocycles. The fourth-order valence-electron chi connectivity index (χ4n) is 2.49. The Balaban J connectivity index is 1.99. The van der Waals surface area contributed by atoms with E-state index >= 15 is 0 Å². The second-order valence-corrected chi connectivity index (χ2v) is 5.43. The van der Waals surface area contributed by atoms with Gasteiger partial charge in [0.25, 0.3) is 5.91 Å². The number of nitriles is 1. The molecule has 6 heteroatoms. The van der Waals surface area contributed by atoms with Crippen molar-refractivity contribution >= 4 is 5.91 Å². The molecule has 0 unspecified atom stereocenters. The number of piperazine rings is 1. The number of carbonyl (C=O) groups excluding carboxylic acids is 1. The minimum atomic E-state index is -0.170. The maximum atomic E-state index is 12.4. The molecule has 23 heavy (non-hydrogen) atoms. The van der Waals surface area contributed by atoms with E-state index in [2.05, 4.69) is 16.4 Å². The van der Waals surface area contributed by atoms with Crippen molar-refractivity contribution in [2.75, 3.05) is 39.3 Å². The average Bonchev–Trinajstić information content (AvgIpc) is 2.63. The zero-order valence-corrected chi connectivity index (χ0v) is 13.5. The number of carbonyl (C=O) groups is 1. The summed E-state index contributed by atoms with van der Waals surface area (Å²) < 4.78 is 0. The summed E-state index contributed by atoms with van der Waals surface area (Å²) in [5, 5.41) is 12.5. The lowest BCUT2D eigenvalue weighted by molar-refractivity contribution is -0.127. The van der Waals surface area contributed by atoms with E-state index in [0.29, 0.717) is 13.1 Å². The Morgan fingerprint density at radius 1 is 1.43 bits per heavy atom. The summed E-state index contributed by atoms with van der Waals surface area (Å²) in [4.78, 5) is 20.2. The number of rotatable bonds is 6. The van der Waals surface area contributed by atoms with Crippen molar-refractivity contribution in [2.24, 2.45) is 0 Å². The van der Waals surface area contributed by atoms with Crippen LogP contribution in [0.4, 0.5) is 0 Å². The van der Waals surface area contributed by atoms with Crippen LogP contribution < -0.4 is 5.32 Å². The summed E-state index contributed by atoms with van der Waals surface area (Å²) in [6.45, 7) is 6.41. The molecule has 1 N–H and O–H groups in total. The number of amides is 1. The molecule has 2 heterocycles. The Hall–Kier alpha value is -2.39. The molecule has 0 atom stereocenters. The third-order valence-corrected chi connectivity index (χ3v) is 3.91. The summed E-state index contributed by atoms with van der Waals surface area (Å²) in [6.07, 6.45) is 6.10. The molecule has 0 saturated carbocycles. The molecular weight excluding hydrogens is 290 g/mol. The minimum absolute atomic E-state index is 0.170. The highest BCUT2D eigenvalue weighted by Crippen LogP contribution is 2.07. The summed E-state index contributed by atoms with van der Waals surface area (Å²) in [7, 11) is 0. The SMILES string of the molecule is CCN(/C=C(/C#N)C(=O)N1CCNCC1)CCc1ccncc1. The van der Waals surface area contributed by atoms with Gasteiger partial charge in [-0.25, -0.2) is 0 Å². The molecule has 1 amide bonds. The lowest BCUT2D eigenvalue weighted by Gasteiger charge is -2.27. The van der Waals surface area contributed by atoms with Crippen molar-refractivity contribution in [1.29, 1.82) is 5.26 Å². The van der Waals surface area contributed by atoms with Gasteiger partial charge in [0.1, 0.15) is 11.6 Å². The second kappa shape index (κ2) is 8.91. The predicted octanol–water partition coefficient (Wildman–Crippen LogP) is 0.785. The third kappa shape index (κ3) is 5.08. The lowest BCUT2D eigenvalue weighted by Crippen LogP contribution is -2.47. The lowest BCUT2D eigenvalue weighted by atomic mass is 10.2. The Morgan fingerprint density at radius 2 is 2.13 bits per heavy atom. The fourth-order valence-corrected chi connectivity index (χ4v) is 2.49. The monoisotopic (exact) mass is 313 g/mol. The van der Waals surface area contributed by atoms with Gasteiger partial charge in [0.15, 0.2) is 0 Å². The molecular formula is C17H23N5O. The number of hydrogen-bond donors (Lipinski definition) is 1. The molecule has 1 aliphatic heterocycles. The van der Waals surface area contributed by atoms with Crippen molar-refractivity contribution in [3.8, 4) is 6.07 Å². The topological polar surface area (TPSA) is 72.3 Å². The third-order valence-electron chi connectivity index (χ3n) is 3.91. The summed E-state index contributed by atoms with van der Waals surface area (Å²) in [6, 6.07) is 6.02. The zero-order chi connectivity index (χ0) is 16.5. The Morgan fingerprint density at radius 3 is 2.74 bits per heavy atom. The van der Waals surface area contributed by atoms with E-state index in [9.17, 15) is 10.1 Å². The number of pyridine rings is 1. The summed E-state index contributed by atoms with van der Waals surface area (Å²) in [5.41, 5.74) is 1.40. The van der Waals surface area contributed by atoms with Crippen LogP contribution in [0.3, 0.4) is 0 Å². The van der Waals surface area contributed by atoms with Gasteiger partial charge in [-0.2, -0.15) is 5.26 Å². The molecule has 6 nitrogen and oxygen atoms in total. The van der Waals surface area contributed by atoms with Gasteiger partial charge in [-0.1, -0.05) is 0 Å². The highest BCUT2D eigenvalue weighted by molar-refractivity contribution is 5.97. The molecule has 0 aliphatic carbocycles. The van der Waals surface area contributed by atoms with E-state index in [1.54, 1.807) is 23.5 Å². The highest BCUT2D eigenvalue weighted by atomic mass is 16.2. The number of nitrogens with one attached hydrogen (secondary N) is 1. The van der Waals surface area contributed by atoms with Gasteiger partial charge in [0.2, 0.25) is 0 Å². The second-order valence-electron chi connectivity index (χ2n) is 5.43. The van der Waals surface area contributed by atoms with Gasteiger partial charge in [0.05, 0.1) is 0 Å². The van der Waals surface area contributed by atoms with E-state index in [0.717, 1.165) is 32.6 Å². The van der Waals surface area contributed by atoms with Crippen LogP contribution in [0, 0.1) is 11.3 Å². The van der Waals surface area contributed by atoms with Crippen LogP contribution in [-0.2, 0) is 11.2 Å². The van der Waals surface area contributed by atoms with Crippen molar-refractivity contribution in [3.05, 3.63) is 41.9 Å². The number of aromatic nitrogens is 1. The highest BCUT2D eigenvalue weighted by Gasteiger charge is 2.20. The summed E-state index contributed by atoms with van der Waals surface area (Å²) >= 11 is 0. The molecule has 122 valence electrons. The molecule has 1 aromatic heterocycles. The number of likely N-dealkylation sites (N-methyl/N-ethyl adjacent to an activating group) is 1. The smallest absolute Gasteiger partial charge is 0.266 e. The zero-order valence-electron chi connectivity index (χ0n) is 13.5. The Labute approximate surface area is 137 Å². The minimum Gasteiger partial charge on any atom is -0.376 e. The first kappa shape index (κ1) is 17.0. The van der Waals surface area contributed by atoms with Crippen LogP contribution >= 0.6 is 0 Å². The standard InChI is InChI=1S/C17H23N5O/c1-2-21(10-5-15-3-6-19-7-4-15)14-16(13-18)17(23)22-11-8-20-9-12-22/h3-4,6-7,14,20H,2,5,8-12H2,1H3/b16-14-. The molecule has 1 aliphatic rings. The van der Waals surface area contributed by atoms with E-state index in [4.69, 9.17) is 0 Å². The largest absolute Gasteiger partial charge is 0.376 e. The average molecular weight is 313 g/mol. The Kier molecular flexibility index (Phi) is 6.57. The van der Waals surface area contributed by atoms with Crippen LogP contribution in [0.15, 0.2) is 36.3 Å². The molecule has 0 bridgehead atoms. The van der Waals surface area contributed by atoms with Crippen LogP contribution in [0.25, 0.3) is 0 Å². The number of hydrogen-bond acceptors (Lipinski definition) is 5. The van der Waals surface area contributed by atoms with E-state index in [1.807, 2.05) is 24.0 Å². The quantitative estimate of drug-likeness (QED) is 0.621. The van der Waals surface area contributed by atoms with E-state index in [1.165, 1.54) is 5.56 Å². The molecule has 1 fully saturated rings. The van der Waals surface area contributed by atoms with Gasteiger partial charge in [-0.05, 0) is 31.0 Å². The Bertz CT molecular complexity index is 572. The first-order valence-electron chi connectivity index (χ1n) is 7.99. The molecule has 0 radical (unpaired) electrons. The molecule has 1 aromatic rings. The van der Waals surface area contributed by atoms with Crippen molar-refractivity contribution in [3.63, 3.8) is 0 Å². The normalized spacial score (nSPS) is 15.1. The molecule has 0 spiro atoms. The van der Waals surface area contributed by atoms with Crippen molar-refractivity contribution in [2.45, 2.75) is 13.3 Å². The van der Waals surface area contributed by atoms with Gasteiger partial charge >= 0.3 is 0 Å². The predicted molar refractivity (Wildman–Crippen MR) is 88.3 cm³/mol. The molecule has 2 rings (SSSR count). The first-order chi connectivity index (χ1) is 11.2. The van der Waals surface area contributed by atoms with Gasteiger partial charge in [-0.15, -0.1) is 0 Å². The van der Waals surface area contributed by atoms with Crippen LogP contribution in [0.5, 0.6) is 0 Å². The van der Waals surface area contributed by atoms with Crippen molar-refractivity contribution in [1.82, 2.24) is 20.1 Å². The first-order valence-corrected chi connectivity index (χ1v) is 7.99. The summed E-state index contributed by atoms with van der Waals surface area (Å²) in [5.74, 6) is -0.170. The number of nitrogens with zero attached hydrogens (tertiary/aromatic N) is 4. The fraction of sp³-hybridized carbons (Fsp3) is 0.471. The van der Waals surface area contributed by atoms with Crippen LogP contribution in [0.1, 0.15) is 12.5 Å². The molecule has 0 aromatic carbocycles. The van der Waals surface area contributed by atoms with Gasteiger partial charge < -0.3 is 15.1 Å². The maximum absolute atomic E-state index is 12.4. The van der Waals surface area contributed by atoms with E-state index in [-0.39, 0.29) is 11.5 Å². The van der Waals surface area contributed by atoms with Crippen LogP contribution in [0.2, 0.25) is 0 Å².